The van der Waals surface area contributed by atoms with Gasteiger partial charge in [-0.1, -0.05) is 52.8 Å². The standard InChI is InChI=1S/C18H30NSi/c1-9-19(10-2)13-11-12-14(20)16(18(6,7)8)15(13)17(3,4)5/h11-12H,9-10H2,1-8H3. The van der Waals surface area contributed by atoms with Crippen LogP contribution in [-0.2, 0) is 10.8 Å². The van der Waals surface area contributed by atoms with Crippen LogP contribution >= 0.6 is 0 Å². The van der Waals surface area contributed by atoms with E-state index in [-0.39, 0.29) is 10.8 Å². The van der Waals surface area contributed by atoms with Crippen LogP contribution in [0.3, 0.4) is 0 Å². The lowest BCUT2D eigenvalue weighted by atomic mass is 9.74. The van der Waals surface area contributed by atoms with Gasteiger partial charge in [-0.05, 0) is 41.9 Å². The van der Waals surface area contributed by atoms with E-state index < -0.39 is 0 Å². The molecule has 0 aliphatic rings. The van der Waals surface area contributed by atoms with Crippen LogP contribution in [0.1, 0.15) is 66.5 Å². The summed E-state index contributed by atoms with van der Waals surface area (Å²) in [5.41, 5.74) is 4.55. The van der Waals surface area contributed by atoms with Gasteiger partial charge in [0.25, 0.3) is 0 Å². The number of rotatable bonds is 3. The first kappa shape index (κ1) is 17.3. The Balaban J connectivity index is 3.72. The van der Waals surface area contributed by atoms with Gasteiger partial charge in [0.15, 0.2) is 0 Å². The van der Waals surface area contributed by atoms with Crippen molar-refractivity contribution in [2.75, 3.05) is 18.0 Å². The van der Waals surface area contributed by atoms with Crippen LogP contribution in [0.5, 0.6) is 0 Å². The lowest BCUT2D eigenvalue weighted by molar-refractivity contribution is 0.532. The fourth-order valence-electron chi connectivity index (χ4n) is 2.96. The van der Waals surface area contributed by atoms with Crippen molar-refractivity contribution < 1.29 is 0 Å². The minimum Gasteiger partial charge on any atom is -0.372 e. The normalized spacial score (nSPS) is 12.7. The first-order valence-corrected chi connectivity index (χ1v) is 8.18. The summed E-state index contributed by atoms with van der Waals surface area (Å²) < 4.78 is 0. The van der Waals surface area contributed by atoms with Gasteiger partial charge in [-0.15, -0.1) is 0 Å². The molecule has 111 valence electrons. The Hall–Kier alpha value is -0.763. The third-order valence-electron chi connectivity index (χ3n) is 3.79. The van der Waals surface area contributed by atoms with E-state index in [1.54, 1.807) is 0 Å². The monoisotopic (exact) mass is 288 g/mol. The molecule has 0 bridgehead atoms. The van der Waals surface area contributed by atoms with Gasteiger partial charge in [-0.3, -0.25) is 0 Å². The van der Waals surface area contributed by atoms with E-state index in [1.165, 1.54) is 22.0 Å². The number of hydrogen-bond donors (Lipinski definition) is 0. The van der Waals surface area contributed by atoms with Crippen molar-refractivity contribution >= 4 is 21.1 Å². The highest BCUT2D eigenvalue weighted by molar-refractivity contribution is 6.33. The van der Waals surface area contributed by atoms with Crippen LogP contribution in [0.15, 0.2) is 12.1 Å². The summed E-state index contributed by atoms with van der Waals surface area (Å²) in [4.78, 5) is 2.46. The highest BCUT2D eigenvalue weighted by Crippen LogP contribution is 2.39. The molecule has 0 spiro atoms. The number of anilines is 1. The molecule has 0 fully saturated rings. The zero-order valence-corrected chi connectivity index (χ0v) is 15.5. The first-order chi connectivity index (χ1) is 9.04. The Bertz CT molecular complexity index is 460. The van der Waals surface area contributed by atoms with Crippen LogP contribution < -0.4 is 10.1 Å². The topological polar surface area (TPSA) is 3.24 Å². The number of hydrogen-bond acceptors (Lipinski definition) is 1. The van der Waals surface area contributed by atoms with Gasteiger partial charge in [-0.2, -0.15) is 0 Å². The molecule has 0 unspecified atom stereocenters. The van der Waals surface area contributed by atoms with E-state index in [4.69, 9.17) is 0 Å². The second-order valence-corrected chi connectivity index (χ2v) is 8.09. The summed E-state index contributed by atoms with van der Waals surface area (Å²) >= 11 is 0. The summed E-state index contributed by atoms with van der Waals surface area (Å²) in [5, 5.41) is 1.22. The van der Waals surface area contributed by atoms with Crippen LogP contribution in [0.25, 0.3) is 0 Å². The Labute approximate surface area is 129 Å². The van der Waals surface area contributed by atoms with Crippen LogP contribution in [-0.4, -0.2) is 23.3 Å². The van der Waals surface area contributed by atoms with Gasteiger partial charge in [0, 0.05) is 18.8 Å². The molecule has 1 nitrogen and oxygen atoms in total. The second kappa shape index (κ2) is 5.93. The van der Waals surface area contributed by atoms with Gasteiger partial charge in [0.1, 0.15) is 0 Å². The van der Waals surface area contributed by atoms with E-state index in [0.717, 1.165) is 13.1 Å². The molecular formula is C18H30NSi. The maximum absolute atomic E-state index is 3.84. The quantitative estimate of drug-likeness (QED) is 0.762. The lowest BCUT2D eigenvalue weighted by Gasteiger charge is -2.37. The van der Waals surface area contributed by atoms with Gasteiger partial charge >= 0.3 is 0 Å². The van der Waals surface area contributed by atoms with Crippen molar-refractivity contribution in [1.82, 2.24) is 0 Å². The van der Waals surface area contributed by atoms with Crippen molar-refractivity contribution in [3.8, 4) is 0 Å². The van der Waals surface area contributed by atoms with E-state index in [2.05, 4.69) is 82.7 Å². The van der Waals surface area contributed by atoms with Gasteiger partial charge in [0.2, 0.25) is 0 Å². The molecule has 0 saturated carbocycles. The molecule has 0 atom stereocenters. The van der Waals surface area contributed by atoms with Crippen LogP contribution in [0.4, 0.5) is 5.69 Å². The predicted octanol–water partition coefficient (Wildman–Crippen LogP) is 3.92. The van der Waals surface area contributed by atoms with Crippen LogP contribution in [0.2, 0.25) is 0 Å². The SMILES string of the molecule is CCN(CC)c1ccc([Si])c(C(C)(C)C)c1C(C)(C)C. The van der Waals surface area contributed by atoms with E-state index >= 15 is 0 Å². The van der Waals surface area contributed by atoms with E-state index in [1.807, 2.05) is 0 Å². The minimum atomic E-state index is 0.128. The lowest BCUT2D eigenvalue weighted by Crippen LogP contribution is -2.34. The van der Waals surface area contributed by atoms with Crippen molar-refractivity contribution in [3.05, 3.63) is 23.3 Å². The molecule has 0 N–H and O–H groups in total. The average Bonchev–Trinajstić information content (AvgIpc) is 2.29. The third kappa shape index (κ3) is 3.46. The Morgan fingerprint density at radius 3 is 1.65 bits per heavy atom. The largest absolute Gasteiger partial charge is 0.372 e. The summed E-state index contributed by atoms with van der Waals surface area (Å²) in [5.74, 6) is 0. The molecule has 0 aliphatic carbocycles. The Kier molecular flexibility index (Phi) is 5.12. The zero-order valence-electron chi connectivity index (χ0n) is 14.5. The predicted molar refractivity (Wildman–Crippen MR) is 92.8 cm³/mol. The molecule has 20 heavy (non-hydrogen) atoms. The third-order valence-corrected chi connectivity index (χ3v) is 4.20. The molecule has 2 heteroatoms. The van der Waals surface area contributed by atoms with Gasteiger partial charge in [0.05, 0.1) is 10.2 Å². The molecule has 3 radical (unpaired) electrons. The molecule has 0 amide bonds. The Morgan fingerprint density at radius 1 is 0.850 bits per heavy atom. The van der Waals surface area contributed by atoms with Crippen molar-refractivity contribution in [2.45, 2.75) is 66.2 Å². The number of benzene rings is 1. The Morgan fingerprint density at radius 2 is 1.30 bits per heavy atom. The van der Waals surface area contributed by atoms with E-state index in [9.17, 15) is 0 Å². The zero-order chi connectivity index (χ0) is 15.7. The smallest absolute Gasteiger partial charge is 0.0716 e. The summed E-state index contributed by atoms with van der Waals surface area (Å²) in [6, 6.07) is 4.48. The minimum absolute atomic E-state index is 0.128. The van der Waals surface area contributed by atoms with Crippen molar-refractivity contribution in [1.29, 1.82) is 0 Å². The van der Waals surface area contributed by atoms with Crippen LogP contribution in [0, 0.1) is 0 Å². The van der Waals surface area contributed by atoms with Gasteiger partial charge < -0.3 is 4.90 Å². The average molecular weight is 289 g/mol. The van der Waals surface area contributed by atoms with E-state index in [0.29, 0.717) is 0 Å². The molecule has 0 heterocycles. The van der Waals surface area contributed by atoms with Crippen molar-refractivity contribution in [3.63, 3.8) is 0 Å². The summed E-state index contributed by atoms with van der Waals surface area (Å²) in [7, 11) is 3.84. The maximum Gasteiger partial charge on any atom is 0.0716 e. The fourth-order valence-corrected chi connectivity index (χ4v) is 3.54. The van der Waals surface area contributed by atoms with Gasteiger partial charge in [-0.25, -0.2) is 0 Å². The molecule has 1 aromatic carbocycles. The molecular weight excluding hydrogens is 258 g/mol. The second-order valence-electron chi connectivity index (χ2n) is 7.55. The maximum atomic E-state index is 3.84. The molecule has 0 aliphatic heterocycles. The summed E-state index contributed by atoms with van der Waals surface area (Å²) in [6.07, 6.45) is 0. The number of nitrogens with zero attached hydrogens (tertiary/aromatic N) is 1. The van der Waals surface area contributed by atoms with Crippen molar-refractivity contribution in [2.24, 2.45) is 0 Å². The molecule has 1 aromatic rings. The molecule has 0 saturated heterocycles. The molecule has 1 rings (SSSR count). The fraction of sp³-hybridized carbons (Fsp3) is 0.667. The first-order valence-electron chi connectivity index (χ1n) is 7.68. The highest BCUT2D eigenvalue weighted by Gasteiger charge is 2.30. The summed E-state index contributed by atoms with van der Waals surface area (Å²) in [6.45, 7) is 20.4. The highest BCUT2D eigenvalue weighted by atomic mass is 28.1. The molecule has 0 aromatic heterocycles.